The molecule has 0 atom stereocenters. The maximum Gasteiger partial charge on any atom is 0.329 e. The highest BCUT2D eigenvalue weighted by atomic mass is 31.2. The van der Waals surface area contributed by atoms with Crippen molar-refractivity contribution in [1.82, 2.24) is 5.32 Å². The number of unbranched alkanes of at least 4 members (excludes halogenated alkanes) is 2. The molecule has 0 saturated carbocycles. The van der Waals surface area contributed by atoms with Crippen LogP contribution in [0.15, 0.2) is 60.7 Å². The van der Waals surface area contributed by atoms with Crippen LogP contribution in [0.4, 0.5) is 0 Å². The van der Waals surface area contributed by atoms with Crippen LogP contribution in [0, 0.1) is 24.7 Å². The molecule has 736 valence electrons. The van der Waals surface area contributed by atoms with Crippen molar-refractivity contribution in [2.24, 2.45) is 0 Å². The summed E-state index contributed by atoms with van der Waals surface area (Å²) in [6, 6.07) is 14.7. The molecule has 0 aliphatic heterocycles. The molecule has 4 aromatic carbocycles. The summed E-state index contributed by atoms with van der Waals surface area (Å²) >= 11 is 0. The lowest BCUT2D eigenvalue weighted by Gasteiger charge is -2.19. The van der Waals surface area contributed by atoms with Gasteiger partial charge in [0.2, 0.25) is 11.5 Å². The van der Waals surface area contributed by atoms with Gasteiger partial charge in [-0.3, -0.25) is 23.5 Å². The third-order valence-electron chi connectivity index (χ3n) is 17.3. The van der Waals surface area contributed by atoms with E-state index >= 15 is 0 Å². The Balaban J connectivity index is 1.64. The van der Waals surface area contributed by atoms with E-state index in [1.807, 2.05) is 13.8 Å². The van der Waals surface area contributed by atoms with Crippen molar-refractivity contribution in [2.45, 2.75) is 90.4 Å². The Hall–Kier alpha value is -7.41. The first kappa shape index (κ1) is 115. The fourth-order valence-corrected chi connectivity index (χ4v) is 12.6. The van der Waals surface area contributed by atoms with E-state index in [4.69, 9.17) is 141 Å². The minimum atomic E-state index is -4.62. The molecule has 0 heterocycles. The molecule has 1 amide bonds. The fraction of sp³-hybridized carbons (Fsp3) is 0.659. The average Bonchev–Trinajstić information content (AvgIpc) is 0.822. The van der Waals surface area contributed by atoms with Crippen LogP contribution in [-0.2, 0) is 107 Å². The van der Waals surface area contributed by atoms with E-state index < -0.39 is 33.4 Å². The van der Waals surface area contributed by atoms with Gasteiger partial charge in [0, 0.05) is 89.1 Å². The lowest BCUT2D eigenvalue weighted by molar-refractivity contribution is -0.0000466. The number of methoxy groups -OCH3 is 2. The molecule has 4 rings (SSSR count). The lowest BCUT2D eigenvalue weighted by Crippen LogP contribution is -2.28. The SMILES string of the molecule is C#CCCCOCCOCCOc1c(OCCOCCOCCOCCC)cc(C(=O)CCCOc2cc(OCCCC(=O)c3cc(OCCOCCOCCOCCC)c(OCCOCCOCCCC#C)c(OCCOCCOCCOCCOC)c3)cc(C(=O)NCCOc3cc(CP(=O)(O)O)cc(CP(=O)(O)O)c3)c2)cc1OCCOCCOCCOCCOC. The summed E-state index contributed by atoms with van der Waals surface area (Å²) in [7, 11) is -6.04. The number of hydrogen-bond acceptors (Lipinski definition) is 32. The average molecular weight is 1890 g/mol. The van der Waals surface area contributed by atoms with Crippen LogP contribution in [-0.4, -0.2) is 342 Å². The first-order valence-corrected chi connectivity index (χ1v) is 47.8. The molecule has 0 unspecified atom stereocenters. The van der Waals surface area contributed by atoms with Gasteiger partial charge in [-0.2, -0.15) is 0 Å². The van der Waals surface area contributed by atoms with Crippen LogP contribution >= 0.6 is 15.2 Å². The molecule has 0 spiro atoms. The summed E-state index contributed by atoms with van der Waals surface area (Å²) < 4.78 is 181. The van der Waals surface area contributed by atoms with E-state index in [-0.39, 0.29) is 249 Å². The molecule has 0 aliphatic carbocycles. The molecule has 4 aromatic rings. The van der Waals surface area contributed by atoms with Crippen LogP contribution < -0.4 is 47.9 Å². The Bertz CT molecular complexity index is 3560. The number of carbonyl (C=O) groups excluding carboxylic acids is 3. The number of nitrogens with one attached hydrogen (secondary N) is 1. The highest BCUT2D eigenvalue weighted by Gasteiger charge is 2.25. The van der Waals surface area contributed by atoms with Gasteiger partial charge in [0.1, 0.15) is 63.5 Å². The second-order valence-electron chi connectivity index (χ2n) is 28.3. The van der Waals surface area contributed by atoms with E-state index in [2.05, 4.69) is 17.2 Å². The standard InChI is InChI=1S/C91H141NO36P2/c1-7-11-13-22-106-33-37-118-55-61-127-89-85(123-57-51-114-47-43-110-35-31-104-20-9-3)68-77(70-87(89)125-59-53-116-49-45-112-41-39-108-29-27-102-5)83(93)17-15-24-120-81-66-79(91(95)92-19-26-122-80-64-75(73-129(96,97)98)63-76(65-80)74-130(99,100)101)67-82(72-81)121-25-16-18-84(94)78-69-86(124-58-52-115-48-44-111-36-32-105-21-10-4)90(128-62-56-119-38-34-107-23-14-12-8-2)88(71-78)126-60-54-117-50-46-113-42-40-109-30-28-103-6/h1-2,63-72H,9-62,73-74H2,3-6H3,(H,92,95)(H2,96,97,98)(H2,99,100,101). The zero-order valence-corrected chi connectivity index (χ0v) is 78.1. The maximum absolute atomic E-state index is 14.5. The van der Waals surface area contributed by atoms with Crippen LogP contribution in [0.5, 0.6) is 51.7 Å². The van der Waals surface area contributed by atoms with Gasteiger partial charge in [0.25, 0.3) is 5.91 Å². The molecular weight excluding hydrogens is 1740 g/mol. The molecule has 5 N–H and O–H groups in total. The molecular formula is C91H141NO36P2. The zero-order valence-electron chi connectivity index (χ0n) is 76.3. The van der Waals surface area contributed by atoms with Gasteiger partial charge >= 0.3 is 15.2 Å². The number of carbonyl (C=O) groups is 3. The van der Waals surface area contributed by atoms with Crippen molar-refractivity contribution >= 4 is 32.7 Å². The van der Waals surface area contributed by atoms with Gasteiger partial charge < -0.3 is 153 Å². The van der Waals surface area contributed by atoms with Crippen molar-refractivity contribution in [1.29, 1.82) is 0 Å². The van der Waals surface area contributed by atoms with Crippen LogP contribution in [0.2, 0.25) is 0 Å². The monoisotopic (exact) mass is 1890 g/mol. The van der Waals surface area contributed by atoms with Crippen molar-refractivity contribution in [3.05, 3.63) is 88.5 Å². The molecule has 0 fully saturated rings. The number of ether oxygens (including phenoxy) is 27. The van der Waals surface area contributed by atoms with E-state index in [1.54, 1.807) is 44.6 Å². The first-order valence-electron chi connectivity index (χ1n) is 44.2. The Morgan fingerprint density at radius 3 is 0.862 bits per heavy atom. The normalized spacial score (nSPS) is 11.5. The van der Waals surface area contributed by atoms with Gasteiger partial charge in [-0.15, -0.1) is 24.7 Å². The Morgan fingerprint density at radius 1 is 0.300 bits per heavy atom. The summed E-state index contributed by atoms with van der Waals surface area (Å²) in [5.41, 5.74) is 0.647. The minimum absolute atomic E-state index is 0.0392. The number of Topliss-reactive ketones (excluding diaryl/α,β-unsaturated/α-hetero) is 2. The van der Waals surface area contributed by atoms with E-state index in [0.717, 1.165) is 25.7 Å². The van der Waals surface area contributed by atoms with Gasteiger partial charge in [-0.25, -0.2) is 0 Å². The largest absolute Gasteiger partial charge is 0.493 e. The number of terminal acetylenes is 2. The quantitative estimate of drug-likeness (QED) is 0.0119. The van der Waals surface area contributed by atoms with Crippen molar-refractivity contribution in [3.63, 3.8) is 0 Å². The van der Waals surface area contributed by atoms with Crippen LogP contribution in [0.3, 0.4) is 0 Å². The van der Waals surface area contributed by atoms with Crippen molar-refractivity contribution < 1.29 is 171 Å². The van der Waals surface area contributed by atoms with Gasteiger partial charge in [-0.1, -0.05) is 19.9 Å². The second-order valence-corrected chi connectivity index (χ2v) is 31.6. The lowest BCUT2D eigenvalue weighted by atomic mass is 10.1. The predicted octanol–water partition coefficient (Wildman–Crippen LogP) is 9.41. The number of amides is 1. The van der Waals surface area contributed by atoms with E-state index in [0.29, 0.717) is 171 Å². The van der Waals surface area contributed by atoms with Gasteiger partial charge in [-0.05, 0) is 98.2 Å². The third kappa shape index (κ3) is 60.0. The molecule has 130 heavy (non-hydrogen) atoms. The molecule has 37 nitrogen and oxygen atoms in total. The molecule has 0 bridgehead atoms. The predicted molar refractivity (Wildman–Crippen MR) is 480 cm³/mol. The number of ketones is 2. The Kier molecular flexibility index (Phi) is 68.0. The molecule has 0 radical (unpaired) electrons. The first-order chi connectivity index (χ1) is 63.4. The molecule has 0 aromatic heterocycles. The highest BCUT2D eigenvalue weighted by molar-refractivity contribution is 7.51. The third-order valence-corrected chi connectivity index (χ3v) is 18.9. The van der Waals surface area contributed by atoms with Gasteiger partial charge in [0.15, 0.2) is 34.6 Å². The zero-order chi connectivity index (χ0) is 93.7. The fourth-order valence-electron chi connectivity index (χ4n) is 11.3. The molecule has 0 aliphatic rings. The molecule has 39 heteroatoms. The number of rotatable bonds is 91. The second kappa shape index (κ2) is 76.9. The smallest absolute Gasteiger partial charge is 0.329 e. The summed E-state index contributed by atoms with van der Waals surface area (Å²) in [5.74, 6) is 5.48. The summed E-state index contributed by atoms with van der Waals surface area (Å²) in [6.45, 7) is 15.9. The summed E-state index contributed by atoms with van der Waals surface area (Å²) in [5, 5.41) is 2.78. The Labute approximate surface area is 765 Å². The maximum atomic E-state index is 14.5. The van der Waals surface area contributed by atoms with Crippen LogP contribution in [0.25, 0.3) is 0 Å². The Morgan fingerprint density at radius 2 is 0.569 bits per heavy atom. The summed E-state index contributed by atoms with van der Waals surface area (Å²) in [6.07, 6.45) is 14.0. The number of hydrogen-bond donors (Lipinski definition) is 5. The highest BCUT2D eigenvalue weighted by Crippen LogP contribution is 2.44. The topological polar surface area (TPSA) is 428 Å². The van der Waals surface area contributed by atoms with Gasteiger partial charge in [0.05, 0.1) is 230 Å². The minimum Gasteiger partial charge on any atom is -0.493 e. The molecule has 0 saturated heterocycles. The van der Waals surface area contributed by atoms with Crippen molar-refractivity contribution in [3.8, 4) is 76.4 Å². The van der Waals surface area contributed by atoms with Crippen LogP contribution in [0.1, 0.15) is 120 Å². The van der Waals surface area contributed by atoms with E-state index in [9.17, 15) is 43.1 Å². The van der Waals surface area contributed by atoms with E-state index in [1.165, 1.54) is 30.3 Å². The van der Waals surface area contributed by atoms with Crippen molar-refractivity contribution in [2.75, 3.05) is 305 Å². The number of benzene rings is 4. The summed E-state index contributed by atoms with van der Waals surface area (Å²) in [4.78, 5) is 82.2.